The van der Waals surface area contributed by atoms with Crippen molar-refractivity contribution < 1.29 is 8.78 Å². The van der Waals surface area contributed by atoms with E-state index in [1.807, 2.05) is 11.0 Å². The van der Waals surface area contributed by atoms with Crippen molar-refractivity contribution in [2.24, 2.45) is 0 Å². The molecule has 2 unspecified atom stereocenters. The highest BCUT2D eigenvalue weighted by Gasteiger charge is 2.33. The minimum atomic E-state index is -0.903. The van der Waals surface area contributed by atoms with Crippen LogP contribution in [0, 0.1) is 5.82 Å². The van der Waals surface area contributed by atoms with E-state index in [4.69, 9.17) is 0 Å². The molecule has 2 rings (SSSR count). The summed E-state index contributed by atoms with van der Waals surface area (Å²) in [6.45, 7) is 7.77. The Kier molecular flexibility index (Phi) is 3.27. The fourth-order valence-electron chi connectivity index (χ4n) is 2.25. The summed E-state index contributed by atoms with van der Waals surface area (Å²) in [5.74, 6) is -0.297. The van der Waals surface area contributed by atoms with Crippen LogP contribution in [-0.4, -0.2) is 17.6 Å². The number of allylic oxidation sites excluding steroid dienone is 1. The number of rotatable bonds is 3. The summed E-state index contributed by atoms with van der Waals surface area (Å²) in [5, 5.41) is 0. The summed E-state index contributed by atoms with van der Waals surface area (Å²) < 4.78 is 26.7. The Morgan fingerprint density at radius 2 is 2.24 bits per heavy atom. The molecule has 1 aliphatic rings. The third kappa shape index (κ3) is 2.38. The molecule has 0 aromatic heterocycles. The Morgan fingerprint density at radius 3 is 2.88 bits per heavy atom. The first-order valence-corrected chi connectivity index (χ1v) is 5.59. The number of likely N-dealkylation sites (tertiary alicyclic amines) is 1. The lowest BCUT2D eigenvalue weighted by molar-refractivity contribution is 0.312. The van der Waals surface area contributed by atoms with Gasteiger partial charge in [-0.3, -0.25) is 0 Å². The molecule has 3 heteroatoms. The van der Waals surface area contributed by atoms with Gasteiger partial charge in [0.15, 0.2) is 0 Å². The number of hydrogen-bond acceptors (Lipinski definition) is 1. The molecular weight excluding hydrogens is 220 g/mol. The van der Waals surface area contributed by atoms with Crippen LogP contribution >= 0.6 is 0 Å². The predicted octanol–water partition coefficient (Wildman–Crippen LogP) is 3.61. The van der Waals surface area contributed by atoms with Gasteiger partial charge in [0.25, 0.3) is 0 Å². The van der Waals surface area contributed by atoms with Crippen LogP contribution in [0.5, 0.6) is 0 Å². The summed E-state index contributed by atoms with van der Waals surface area (Å²) in [7, 11) is 0. The zero-order valence-corrected chi connectivity index (χ0v) is 9.57. The molecule has 90 valence electrons. The van der Waals surface area contributed by atoms with Crippen LogP contribution in [0.1, 0.15) is 18.0 Å². The van der Waals surface area contributed by atoms with E-state index < -0.39 is 6.17 Å². The molecule has 1 saturated heterocycles. The first kappa shape index (κ1) is 11.8. The minimum absolute atomic E-state index is 0.147. The van der Waals surface area contributed by atoms with Gasteiger partial charge in [-0.25, -0.2) is 8.78 Å². The smallest absolute Gasteiger partial charge is 0.123 e. The normalized spacial score (nSPS) is 23.8. The Balaban J connectivity index is 2.29. The molecule has 1 heterocycles. The number of alkyl halides is 1. The molecule has 0 aliphatic carbocycles. The maximum Gasteiger partial charge on any atom is 0.123 e. The second-order valence-corrected chi connectivity index (χ2v) is 4.25. The highest BCUT2D eigenvalue weighted by atomic mass is 19.1. The molecular formula is C14H15F2N. The number of nitrogens with zero attached hydrogens (tertiary/aromatic N) is 1. The monoisotopic (exact) mass is 235 g/mol. The Hall–Kier alpha value is -1.64. The van der Waals surface area contributed by atoms with E-state index in [1.165, 1.54) is 12.1 Å². The van der Waals surface area contributed by atoms with Gasteiger partial charge in [0.2, 0.25) is 0 Å². The van der Waals surface area contributed by atoms with Crippen molar-refractivity contribution in [1.82, 2.24) is 4.90 Å². The van der Waals surface area contributed by atoms with Gasteiger partial charge < -0.3 is 4.90 Å². The fourth-order valence-corrected chi connectivity index (χ4v) is 2.25. The fraction of sp³-hybridized carbons (Fsp3) is 0.286. The van der Waals surface area contributed by atoms with Gasteiger partial charge in [0, 0.05) is 18.7 Å². The SMILES string of the molecule is C=CC(=C)N1CC(F)CC1c1cccc(F)c1. The minimum Gasteiger partial charge on any atom is -0.362 e. The van der Waals surface area contributed by atoms with Crippen molar-refractivity contribution >= 4 is 0 Å². The molecule has 0 N–H and O–H groups in total. The molecule has 0 saturated carbocycles. The summed E-state index contributed by atoms with van der Waals surface area (Å²) >= 11 is 0. The van der Waals surface area contributed by atoms with E-state index in [9.17, 15) is 8.78 Å². The third-order valence-electron chi connectivity index (χ3n) is 3.09. The van der Waals surface area contributed by atoms with E-state index >= 15 is 0 Å². The average Bonchev–Trinajstić information content (AvgIpc) is 2.70. The second kappa shape index (κ2) is 4.70. The molecule has 0 radical (unpaired) electrons. The Bertz CT molecular complexity index is 442. The topological polar surface area (TPSA) is 3.24 Å². The standard InChI is InChI=1S/C14H15F2N/c1-3-10(2)17-9-13(16)8-14(17)11-5-4-6-12(15)7-11/h3-7,13-14H,1-2,8-9H2. The van der Waals surface area contributed by atoms with Gasteiger partial charge >= 0.3 is 0 Å². The van der Waals surface area contributed by atoms with Crippen LogP contribution in [0.15, 0.2) is 49.2 Å². The van der Waals surface area contributed by atoms with Gasteiger partial charge in [0.05, 0.1) is 6.04 Å². The van der Waals surface area contributed by atoms with Gasteiger partial charge in [0.1, 0.15) is 12.0 Å². The molecule has 1 aliphatic heterocycles. The van der Waals surface area contributed by atoms with Gasteiger partial charge in [-0.2, -0.15) is 0 Å². The van der Waals surface area contributed by atoms with Crippen LogP contribution in [0.25, 0.3) is 0 Å². The molecule has 17 heavy (non-hydrogen) atoms. The first-order valence-electron chi connectivity index (χ1n) is 5.59. The van der Waals surface area contributed by atoms with Crippen molar-refractivity contribution in [2.45, 2.75) is 18.6 Å². The summed E-state index contributed by atoms with van der Waals surface area (Å²) in [6.07, 6.45) is 1.07. The highest BCUT2D eigenvalue weighted by Crippen LogP contribution is 2.36. The van der Waals surface area contributed by atoms with Crippen LogP contribution < -0.4 is 0 Å². The number of halogens is 2. The number of hydrogen-bond donors (Lipinski definition) is 0. The number of benzene rings is 1. The van der Waals surface area contributed by atoms with Crippen molar-refractivity contribution in [3.8, 4) is 0 Å². The summed E-state index contributed by atoms with van der Waals surface area (Å²) in [4.78, 5) is 1.84. The lowest BCUT2D eigenvalue weighted by Crippen LogP contribution is -2.22. The van der Waals surface area contributed by atoms with E-state index in [0.717, 1.165) is 5.56 Å². The van der Waals surface area contributed by atoms with Crippen molar-refractivity contribution in [3.63, 3.8) is 0 Å². The third-order valence-corrected chi connectivity index (χ3v) is 3.09. The average molecular weight is 235 g/mol. The van der Waals surface area contributed by atoms with E-state index in [1.54, 1.807) is 12.1 Å². The molecule has 2 atom stereocenters. The maximum atomic E-state index is 13.5. The van der Waals surface area contributed by atoms with Gasteiger partial charge in [-0.05, 0) is 23.8 Å². The van der Waals surface area contributed by atoms with Crippen LogP contribution in [0.4, 0.5) is 8.78 Å². The van der Waals surface area contributed by atoms with Crippen LogP contribution in [0.2, 0.25) is 0 Å². The molecule has 0 spiro atoms. The lowest BCUT2D eigenvalue weighted by Gasteiger charge is -2.26. The first-order chi connectivity index (χ1) is 8.11. The van der Waals surface area contributed by atoms with Crippen LogP contribution in [0.3, 0.4) is 0 Å². The van der Waals surface area contributed by atoms with Crippen LogP contribution in [-0.2, 0) is 0 Å². The quantitative estimate of drug-likeness (QED) is 0.723. The van der Waals surface area contributed by atoms with Gasteiger partial charge in [-0.1, -0.05) is 25.3 Å². The van der Waals surface area contributed by atoms with E-state index in [2.05, 4.69) is 13.2 Å². The zero-order chi connectivity index (χ0) is 12.4. The maximum absolute atomic E-state index is 13.5. The summed E-state index contributed by atoms with van der Waals surface area (Å²) in [6, 6.07) is 6.15. The largest absolute Gasteiger partial charge is 0.362 e. The zero-order valence-electron chi connectivity index (χ0n) is 9.57. The summed E-state index contributed by atoms with van der Waals surface area (Å²) in [5.41, 5.74) is 1.47. The van der Waals surface area contributed by atoms with Crippen molar-refractivity contribution in [2.75, 3.05) is 6.54 Å². The predicted molar refractivity (Wildman–Crippen MR) is 64.7 cm³/mol. The molecule has 0 bridgehead atoms. The molecule has 1 aromatic rings. The molecule has 1 fully saturated rings. The Labute approximate surface area is 100 Å². The van der Waals surface area contributed by atoms with Crippen molar-refractivity contribution in [1.29, 1.82) is 0 Å². The second-order valence-electron chi connectivity index (χ2n) is 4.25. The highest BCUT2D eigenvalue weighted by molar-refractivity contribution is 5.25. The molecule has 0 amide bonds. The molecule has 1 nitrogen and oxygen atoms in total. The molecule has 1 aromatic carbocycles. The van der Waals surface area contributed by atoms with E-state index in [-0.39, 0.29) is 11.9 Å². The van der Waals surface area contributed by atoms with E-state index in [0.29, 0.717) is 18.7 Å². The lowest BCUT2D eigenvalue weighted by atomic mass is 10.0. The van der Waals surface area contributed by atoms with Gasteiger partial charge in [-0.15, -0.1) is 0 Å². The van der Waals surface area contributed by atoms with Crippen molar-refractivity contribution in [3.05, 3.63) is 60.6 Å². The Morgan fingerprint density at radius 1 is 1.47 bits per heavy atom.